The molecular weight excluding hydrogens is 464 g/mol. The average Bonchev–Trinajstić information content (AvgIpc) is 2.87. The van der Waals surface area contributed by atoms with E-state index in [4.69, 9.17) is 0 Å². The molecule has 1 unspecified atom stereocenters. The number of anilines is 1. The number of carbonyl (C=O) groups is 3. The number of hydrogen-bond donors (Lipinski definition) is 1. The first-order valence-electron chi connectivity index (χ1n) is 11.5. The molecule has 1 heterocycles. The van der Waals surface area contributed by atoms with Crippen molar-refractivity contribution in [2.75, 3.05) is 18.4 Å². The Kier molecular flexibility index (Phi) is 5.86. The highest BCUT2D eigenvalue weighted by molar-refractivity contribution is 7.89. The SMILES string of the molecule is Cc1ccc(S(=O)(=O)N2CCCC(C(=O)Nc3cccc4c3C(=O)c3ccccc3C4=O)C2)cc1. The Balaban J connectivity index is 1.39. The van der Waals surface area contributed by atoms with Crippen molar-refractivity contribution in [1.82, 2.24) is 4.31 Å². The minimum Gasteiger partial charge on any atom is -0.325 e. The van der Waals surface area contributed by atoms with Gasteiger partial charge < -0.3 is 5.32 Å². The minimum absolute atomic E-state index is 0.0484. The molecule has 3 aromatic rings. The fourth-order valence-electron chi connectivity index (χ4n) is 4.72. The lowest BCUT2D eigenvalue weighted by molar-refractivity contribution is -0.120. The second kappa shape index (κ2) is 8.87. The Bertz CT molecular complexity index is 1460. The second-order valence-electron chi connectivity index (χ2n) is 8.94. The highest BCUT2D eigenvalue weighted by Crippen LogP contribution is 2.33. The lowest BCUT2D eigenvalue weighted by Crippen LogP contribution is -2.43. The monoisotopic (exact) mass is 488 g/mol. The molecule has 1 saturated heterocycles. The summed E-state index contributed by atoms with van der Waals surface area (Å²) in [6.45, 7) is 2.27. The standard InChI is InChI=1S/C27H24N2O5S/c1-17-11-13-19(14-12-17)35(33,34)29-15-5-6-18(16-29)27(32)28-23-10-4-9-22-24(23)26(31)21-8-3-2-7-20(21)25(22)30/h2-4,7-14,18H,5-6,15-16H2,1H3,(H,28,32). The average molecular weight is 489 g/mol. The third kappa shape index (κ3) is 4.09. The number of hydrogen-bond acceptors (Lipinski definition) is 5. The van der Waals surface area contributed by atoms with Crippen LogP contribution in [-0.2, 0) is 14.8 Å². The number of nitrogens with zero attached hydrogens (tertiary/aromatic N) is 1. The predicted molar refractivity (Wildman–Crippen MR) is 131 cm³/mol. The number of carbonyl (C=O) groups excluding carboxylic acids is 3. The van der Waals surface area contributed by atoms with Gasteiger partial charge in [-0.05, 0) is 38.0 Å². The number of piperidine rings is 1. The van der Waals surface area contributed by atoms with Gasteiger partial charge in [0, 0.05) is 29.8 Å². The Hall–Kier alpha value is -3.62. The van der Waals surface area contributed by atoms with Crippen LogP contribution >= 0.6 is 0 Å². The summed E-state index contributed by atoms with van der Waals surface area (Å²) in [5.74, 6) is -1.54. The molecule has 0 radical (unpaired) electrons. The van der Waals surface area contributed by atoms with Crippen LogP contribution in [0.15, 0.2) is 71.6 Å². The summed E-state index contributed by atoms with van der Waals surface area (Å²) in [5, 5.41) is 2.81. The number of aryl methyl sites for hydroxylation is 1. The summed E-state index contributed by atoms with van der Waals surface area (Å²) in [7, 11) is -3.73. The molecule has 3 aromatic carbocycles. The van der Waals surface area contributed by atoms with Gasteiger partial charge in [-0.2, -0.15) is 4.31 Å². The molecule has 178 valence electrons. The first kappa shape index (κ1) is 23.1. The Morgan fingerprint density at radius 3 is 2.26 bits per heavy atom. The van der Waals surface area contributed by atoms with Crippen LogP contribution in [-0.4, -0.2) is 43.3 Å². The van der Waals surface area contributed by atoms with Crippen molar-refractivity contribution in [3.63, 3.8) is 0 Å². The summed E-state index contributed by atoms with van der Waals surface area (Å²) in [6, 6.07) is 18.1. The molecule has 35 heavy (non-hydrogen) atoms. The highest BCUT2D eigenvalue weighted by atomic mass is 32.2. The van der Waals surface area contributed by atoms with E-state index in [-0.39, 0.29) is 45.7 Å². The normalized spacial score (nSPS) is 18.0. The maximum atomic E-state index is 13.2. The van der Waals surface area contributed by atoms with Gasteiger partial charge in [0.25, 0.3) is 0 Å². The van der Waals surface area contributed by atoms with Crippen LogP contribution in [0.3, 0.4) is 0 Å². The maximum absolute atomic E-state index is 13.2. The number of fused-ring (bicyclic) bond motifs is 2. The number of nitrogens with one attached hydrogen (secondary N) is 1. The fraction of sp³-hybridized carbons (Fsp3) is 0.222. The molecule has 8 heteroatoms. The zero-order valence-electron chi connectivity index (χ0n) is 19.2. The number of sulfonamides is 1. The van der Waals surface area contributed by atoms with Gasteiger partial charge in [-0.1, -0.05) is 54.1 Å². The third-order valence-electron chi connectivity index (χ3n) is 6.62. The van der Waals surface area contributed by atoms with E-state index in [2.05, 4.69) is 5.32 Å². The summed E-state index contributed by atoms with van der Waals surface area (Å²) in [4.78, 5) is 39.6. The molecule has 1 fully saturated rings. The van der Waals surface area contributed by atoms with Gasteiger partial charge in [-0.3, -0.25) is 14.4 Å². The molecule has 1 atom stereocenters. The first-order valence-corrected chi connectivity index (χ1v) is 12.9. The third-order valence-corrected chi connectivity index (χ3v) is 8.50. The molecule has 0 aromatic heterocycles. The van der Waals surface area contributed by atoms with E-state index in [0.29, 0.717) is 30.5 Å². The van der Waals surface area contributed by atoms with Crippen LogP contribution in [0.5, 0.6) is 0 Å². The van der Waals surface area contributed by atoms with Crippen LogP contribution in [0.25, 0.3) is 0 Å². The van der Waals surface area contributed by atoms with Crippen molar-refractivity contribution in [3.8, 4) is 0 Å². The number of amides is 1. The Labute approximate surface area is 203 Å². The largest absolute Gasteiger partial charge is 0.325 e. The smallest absolute Gasteiger partial charge is 0.243 e. The number of rotatable bonds is 4. The topological polar surface area (TPSA) is 101 Å². The van der Waals surface area contributed by atoms with Crippen molar-refractivity contribution in [2.45, 2.75) is 24.7 Å². The van der Waals surface area contributed by atoms with Crippen molar-refractivity contribution < 1.29 is 22.8 Å². The Morgan fingerprint density at radius 2 is 1.54 bits per heavy atom. The van der Waals surface area contributed by atoms with E-state index in [0.717, 1.165) is 5.56 Å². The number of ketones is 2. The maximum Gasteiger partial charge on any atom is 0.243 e. The molecule has 1 N–H and O–H groups in total. The van der Waals surface area contributed by atoms with E-state index < -0.39 is 15.9 Å². The molecule has 1 aliphatic heterocycles. The van der Waals surface area contributed by atoms with E-state index >= 15 is 0 Å². The summed E-state index contributed by atoms with van der Waals surface area (Å²) < 4.78 is 27.6. The van der Waals surface area contributed by atoms with E-state index in [1.807, 2.05) is 6.92 Å². The molecule has 0 bridgehead atoms. The summed E-state index contributed by atoms with van der Waals surface area (Å²) in [5.41, 5.74) is 2.29. The van der Waals surface area contributed by atoms with E-state index in [9.17, 15) is 22.8 Å². The van der Waals surface area contributed by atoms with Crippen LogP contribution in [0.1, 0.15) is 50.2 Å². The fourth-order valence-corrected chi connectivity index (χ4v) is 6.24. The van der Waals surface area contributed by atoms with Gasteiger partial charge in [-0.15, -0.1) is 0 Å². The van der Waals surface area contributed by atoms with Crippen LogP contribution in [0, 0.1) is 12.8 Å². The lowest BCUT2D eigenvalue weighted by Gasteiger charge is -2.31. The highest BCUT2D eigenvalue weighted by Gasteiger charge is 2.35. The quantitative estimate of drug-likeness (QED) is 0.471. The van der Waals surface area contributed by atoms with Crippen LogP contribution < -0.4 is 5.32 Å². The second-order valence-corrected chi connectivity index (χ2v) is 10.9. The Morgan fingerprint density at radius 1 is 0.886 bits per heavy atom. The predicted octanol–water partition coefficient (Wildman–Crippen LogP) is 3.81. The molecular formula is C27H24N2O5S. The molecule has 1 amide bonds. The number of benzene rings is 3. The van der Waals surface area contributed by atoms with Crippen molar-refractivity contribution in [3.05, 3.63) is 94.5 Å². The molecule has 7 nitrogen and oxygen atoms in total. The van der Waals surface area contributed by atoms with E-state index in [1.165, 1.54) is 4.31 Å². The minimum atomic E-state index is -3.73. The molecule has 0 spiro atoms. The zero-order chi connectivity index (χ0) is 24.7. The lowest BCUT2D eigenvalue weighted by atomic mass is 9.83. The first-order chi connectivity index (χ1) is 16.8. The van der Waals surface area contributed by atoms with Crippen LogP contribution in [0.2, 0.25) is 0 Å². The van der Waals surface area contributed by atoms with Crippen molar-refractivity contribution >= 4 is 33.2 Å². The summed E-state index contributed by atoms with van der Waals surface area (Å²) in [6.07, 6.45) is 1.07. The van der Waals surface area contributed by atoms with Gasteiger partial charge in [0.05, 0.1) is 22.1 Å². The van der Waals surface area contributed by atoms with Gasteiger partial charge >= 0.3 is 0 Å². The van der Waals surface area contributed by atoms with E-state index in [1.54, 1.807) is 66.7 Å². The molecule has 0 saturated carbocycles. The molecule has 5 rings (SSSR count). The summed E-state index contributed by atoms with van der Waals surface area (Å²) >= 11 is 0. The van der Waals surface area contributed by atoms with Gasteiger partial charge in [0.2, 0.25) is 15.9 Å². The molecule has 1 aliphatic carbocycles. The van der Waals surface area contributed by atoms with Crippen LogP contribution in [0.4, 0.5) is 5.69 Å². The molecule has 2 aliphatic rings. The van der Waals surface area contributed by atoms with Gasteiger partial charge in [-0.25, -0.2) is 8.42 Å². The van der Waals surface area contributed by atoms with Crippen molar-refractivity contribution in [2.24, 2.45) is 5.92 Å². The zero-order valence-corrected chi connectivity index (χ0v) is 20.0. The van der Waals surface area contributed by atoms with Gasteiger partial charge in [0.15, 0.2) is 11.6 Å². The van der Waals surface area contributed by atoms with Crippen molar-refractivity contribution in [1.29, 1.82) is 0 Å². The van der Waals surface area contributed by atoms with Gasteiger partial charge in [0.1, 0.15) is 0 Å².